The molecule has 0 fully saturated rings. The molecule has 0 aliphatic heterocycles. The predicted molar refractivity (Wildman–Crippen MR) is 104 cm³/mol. The van der Waals surface area contributed by atoms with Crippen molar-refractivity contribution in [2.45, 2.75) is 19.3 Å². The van der Waals surface area contributed by atoms with Gasteiger partial charge in [-0.05, 0) is 55.2 Å². The summed E-state index contributed by atoms with van der Waals surface area (Å²) in [5, 5.41) is 8.18. The number of fused-ring (bicyclic) bond motifs is 1. The van der Waals surface area contributed by atoms with Crippen LogP contribution in [0.25, 0.3) is 0 Å². The molecule has 3 rings (SSSR count). The number of esters is 1. The first-order chi connectivity index (χ1) is 11.5. The van der Waals surface area contributed by atoms with Crippen LogP contribution < -0.4 is 10.6 Å². The van der Waals surface area contributed by atoms with Gasteiger partial charge < -0.3 is 15.4 Å². The maximum atomic E-state index is 12.1. The number of carbonyl (C=O) groups excluding carboxylic acids is 1. The van der Waals surface area contributed by atoms with Crippen LogP contribution in [0, 0.1) is 0 Å². The summed E-state index contributed by atoms with van der Waals surface area (Å²) in [6.07, 6.45) is 2.93. The number of hydrogen-bond donors (Lipinski definition) is 2. The molecule has 126 valence electrons. The Bertz CT molecular complexity index is 821. The van der Waals surface area contributed by atoms with Crippen molar-refractivity contribution in [1.29, 1.82) is 0 Å². The number of nitrogens with one attached hydrogen (secondary N) is 2. The molecule has 2 aromatic rings. The van der Waals surface area contributed by atoms with Crippen LogP contribution in [0.15, 0.2) is 18.2 Å². The molecule has 0 amide bonds. The summed E-state index contributed by atoms with van der Waals surface area (Å²) in [6.45, 7) is 0. The quantitative estimate of drug-likeness (QED) is 0.551. The van der Waals surface area contributed by atoms with Crippen LogP contribution in [0.2, 0.25) is 10.0 Å². The summed E-state index contributed by atoms with van der Waals surface area (Å²) >= 11 is 19.0. The second-order valence-electron chi connectivity index (χ2n) is 5.26. The van der Waals surface area contributed by atoms with E-state index in [2.05, 4.69) is 10.6 Å². The van der Waals surface area contributed by atoms with Gasteiger partial charge in [-0.15, -0.1) is 11.3 Å². The number of thiocarbonyl (C=S) groups is 1. The van der Waals surface area contributed by atoms with Crippen molar-refractivity contribution in [3.8, 4) is 0 Å². The molecule has 1 aromatic carbocycles. The number of halogens is 2. The number of rotatable bonds is 3. The van der Waals surface area contributed by atoms with Gasteiger partial charge in [0.25, 0.3) is 0 Å². The highest BCUT2D eigenvalue weighted by Gasteiger charge is 2.27. The number of aryl methyl sites for hydroxylation is 1. The number of thiophene rings is 1. The zero-order valence-electron chi connectivity index (χ0n) is 12.7. The fourth-order valence-electron chi connectivity index (χ4n) is 2.66. The van der Waals surface area contributed by atoms with Crippen LogP contribution >= 0.6 is 46.8 Å². The molecule has 8 heteroatoms. The number of anilines is 2. The molecule has 0 atom stereocenters. The smallest absolute Gasteiger partial charge is 0.341 e. The molecule has 1 aromatic heterocycles. The van der Waals surface area contributed by atoms with Crippen LogP contribution in [-0.2, 0) is 17.6 Å². The molecule has 1 aliphatic carbocycles. The minimum atomic E-state index is -0.347. The molecule has 0 radical (unpaired) electrons. The van der Waals surface area contributed by atoms with Crippen molar-refractivity contribution in [3.63, 3.8) is 0 Å². The Hall–Kier alpha value is -1.34. The highest BCUT2D eigenvalue weighted by atomic mass is 35.5. The Kier molecular flexibility index (Phi) is 5.30. The molecule has 0 bridgehead atoms. The van der Waals surface area contributed by atoms with E-state index in [0.717, 1.165) is 24.8 Å². The molecule has 0 unspecified atom stereocenters. The molecule has 1 heterocycles. The molecule has 2 N–H and O–H groups in total. The summed E-state index contributed by atoms with van der Waals surface area (Å²) < 4.78 is 4.92. The number of methoxy groups -OCH3 is 1. The van der Waals surface area contributed by atoms with Crippen LogP contribution in [0.5, 0.6) is 0 Å². The SMILES string of the molecule is COC(=O)c1c(NC(=S)Nc2cc(Cl)ccc2Cl)sc2c1CCC2. The van der Waals surface area contributed by atoms with E-state index in [1.807, 2.05) is 0 Å². The number of ether oxygens (including phenoxy) is 1. The lowest BCUT2D eigenvalue weighted by Crippen LogP contribution is -2.20. The lowest BCUT2D eigenvalue weighted by Gasteiger charge is -2.12. The van der Waals surface area contributed by atoms with Crippen molar-refractivity contribution in [2.75, 3.05) is 17.7 Å². The molecule has 0 saturated carbocycles. The van der Waals surface area contributed by atoms with Gasteiger partial charge in [-0.1, -0.05) is 23.2 Å². The van der Waals surface area contributed by atoms with Crippen LogP contribution in [0.1, 0.15) is 27.2 Å². The standard InChI is InChI=1S/C16H14Cl2N2O2S2/c1-22-15(21)13-9-3-2-4-12(9)24-14(13)20-16(23)19-11-7-8(17)5-6-10(11)18/h5-7H,2-4H2,1H3,(H2,19,20,23). The van der Waals surface area contributed by atoms with Gasteiger partial charge in [0.2, 0.25) is 0 Å². The normalized spacial score (nSPS) is 12.6. The third kappa shape index (κ3) is 3.52. The summed E-state index contributed by atoms with van der Waals surface area (Å²) in [7, 11) is 1.38. The van der Waals surface area contributed by atoms with Gasteiger partial charge in [0, 0.05) is 9.90 Å². The maximum absolute atomic E-state index is 12.1. The fourth-order valence-corrected chi connectivity index (χ4v) is 4.56. The van der Waals surface area contributed by atoms with E-state index in [9.17, 15) is 4.79 Å². The Morgan fingerprint density at radius 1 is 1.29 bits per heavy atom. The van der Waals surface area contributed by atoms with Gasteiger partial charge >= 0.3 is 5.97 Å². The van der Waals surface area contributed by atoms with Crippen molar-refractivity contribution in [1.82, 2.24) is 0 Å². The minimum absolute atomic E-state index is 0.337. The van der Waals surface area contributed by atoms with Gasteiger partial charge in [0.1, 0.15) is 5.00 Å². The zero-order valence-corrected chi connectivity index (χ0v) is 15.9. The highest BCUT2D eigenvalue weighted by molar-refractivity contribution is 7.80. The van der Waals surface area contributed by atoms with Gasteiger partial charge in [-0.2, -0.15) is 0 Å². The molecule has 0 spiro atoms. The molecular formula is C16H14Cl2N2O2S2. The third-order valence-electron chi connectivity index (χ3n) is 3.71. The second-order valence-corrected chi connectivity index (χ2v) is 7.61. The fraction of sp³-hybridized carbons (Fsp3) is 0.250. The van der Waals surface area contributed by atoms with E-state index in [0.29, 0.717) is 31.4 Å². The van der Waals surface area contributed by atoms with E-state index < -0.39 is 0 Å². The van der Waals surface area contributed by atoms with Gasteiger partial charge in [-0.25, -0.2) is 4.79 Å². The Morgan fingerprint density at radius 2 is 2.08 bits per heavy atom. The van der Waals surface area contributed by atoms with E-state index >= 15 is 0 Å². The van der Waals surface area contributed by atoms with Crippen molar-refractivity contribution >= 4 is 68.5 Å². The topological polar surface area (TPSA) is 50.4 Å². The van der Waals surface area contributed by atoms with Crippen LogP contribution in [-0.4, -0.2) is 18.2 Å². The Morgan fingerprint density at radius 3 is 2.83 bits per heavy atom. The lowest BCUT2D eigenvalue weighted by atomic mass is 10.1. The minimum Gasteiger partial charge on any atom is -0.465 e. The van der Waals surface area contributed by atoms with Crippen molar-refractivity contribution in [2.24, 2.45) is 0 Å². The first-order valence-corrected chi connectivity index (χ1v) is 9.23. The van der Waals surface area contributed by atoms with E-state index in [4.69, 9.17) is 40.2 Å². The first kappa shape index (κ1) is 17.5. The molecule has 1 aliphatic rings. The first-order valence-electron chi connectivity index (χ1n) is 7.25. The number of carbonyl (C=O) groups is 1. The molecule has 24 heavy (non-hydrogen) atoms. The van der Waals surface area contributed by atoms with E-state index in [1.54, 1.807) is 29.5 Å². The van der Waals surface area contributed by atoms with Crippen LogP contribution in [0.4, 0.5) is 10.7 Å². The average Bonchev–Trinajstić information content (AvgIpc) is 3.10. The lowest BCUT2D eigenvalue weighted by molar-refractivity contribution is 0.0601. The summed E-state index contributed by atoms with van der Waals surface area (Å²) in [6, 6.07) is 5.08. The van der Waals surface area contributed by atoms with E-state index in [-0.39, 0.29) is 5.97 Å². The molecule has 4 nitrogen and oxygen atoms in total. The molecular weight excluding hydrogens is 387 g/mol. The van der Waals surface area contributed by atoms with Crippen LogP contribution in [0.3, 0.4) is 0 Å². The monoisotopic (exact) mass is 400 g/mol. The van der Waals surface area contributed by atoms with E-state index in [1.165, 1.54) is 12.0 Å². The van der Waals surface area contributed by atoms with Gasteiger partial charge in [-0.3, -0.25) is 0 Å². The van der Waals surface area contributed by atoms with Gasteiger partial charge in [0.05, 0.1) is 23.4 Å². The average molecular weight is 401 g/mol. The summed E-state index contributed by atoms with van der Waals surface area (Å²) in [5.74, 6) is -0.347. The number of hydrogen-bond acceptors (Lipinski definition) is 4. The zero-order chi connectivity index (χ0) is 17.3. The largest absolute Gasteiger partial charge is 0.465 e. The third-order valence-corrected chi connectivity index (χ3v) is 5.69. The molecule has 0 saturated heterocycles. The summed E-state index contributed by atoms with van der Waals surface area (Å²) in [5.41, 5.74) is 2.25. The maximum Gasteiger partial charge on any atom is 0.341 e. The second kappa shape index (κ2) is 7.27. The Balaban J connectivity index is 1.82. The predicted octanol–water partition coefficient (Wildman–Crippen LogP) is 5.14. The van der Waals surface area contributed by atoms with Crippen molar-refractivity contribution in [3.05, 3.63) is 44.2 Å². The van der Waals surface area contributed by atoms with Crippen molar-refractivity contribution < 1.29 is 9.53 Å². The summed E-state index contributed by atoms with van der Waals surface area (Å²) in [4.78, 5) is 13.3. The highest BCUT2D eigenvalue weighted by Crippen LogP contribution is 2.39. The number of benzene rings is 1. The van der Waals surface area contributed by atoms with Gasteiger partial charge in [0.15, 0.2) is 5.11 Å². The Labute approximate surface area is 159 Å².